The Morgan fingerprint density at radius 2 is 1.49 bits per heavy atom. The number of aryl methyl sites for hydroxylation is 2. The van der Waals surface area contributed by atoms with Crippen LogP contribution in [0.5, 0.6) is 0 Å². The van der Waals surface area contributed by atoms with E-state index in [2.05, 4.69) is 89.7 Å². The van der Waals surface area contributed by atoms with Crippen molar-refractivity contribution in [1.29, 1.82) is 0 Å². The molecule has 0 bridgehead atoms. The topological polar surface area (TPSA) is 38.9 Å². The molecule has 3 nitrogen and oxygen atoms in total. The minimum Gasteiger partial charge on any atom is -0.501 e. The Labute approximate surface area is 254 Å². The summed E-state index contributed by atoms with van der Waals surface area (Å²) in [4.78, 5) is 8.93. The van der Waals surface area contributed by atoms with E-state index in [9.17, 15) is 0 Å². The fraction of sp³-hybridized carbons (Fsp3) is 0.0811. The predicted molar refractivity (Wildman–Crippen MR) is 163 cm³/mol. The summed E-state index contributed by atoms with van der Waals surface area (Å²) in [5.74, 6) is 0. The van der Waals surface area contributed by atoms with Gasteiger partial charge in [-0.1, -0.05) is 84.6 Å². The van der Waals surface area contributed by atoms with Crippen LogP contribution < -0.4 is 0 Å². The molecule has 0 amide bonds. The van der Waals surface area contributed by atoms with Crippen LogP contribution in [0.2, 0.25) is 0 Å². The van der Waals surface area contributed by atoms with Crippen LogP contribution in [0.4, 0.5) is 0 Å². The van der Waals surface area contributed by atoms with Crippen LogP contribution >= 0.6 is 0 Å². The minimum absolute atomic E-state index is 0. The van der Waals surface area contributed by atoms with Crippen LogP contribution in [-0.4, -0.2) is 9.97 Å². The van der Waals surface area contributed by atoms with E-state index >= 15 is 0 Å². The van der Waals surface area contributed by atoms with E-state index < -0.39 is 0 Å². The van der Waals surface area contributed by atoms with Gasteiger partial charge in [0.15, 0.2) is 0 Å². The van der Waals surface area contributed by atoms with Gasteiger partial charge in [0, 0.05) is 37.9 Å². The van der Waals surface area contributed by atoms with Gasteiger partial charge in [0.25, 0.3) is 0 Å². The Bertz CT molecular complexity index is 1830. The summed E-state index contributed by atoms with van der Waals surface area (Å²) >= 11 is 0. The van der Waals surface area contributed by atoms with E-state index in [1.165, 1.54) is 22.3 Å². The monoisotopic (exact) mass is 709 g/mol. The van der Waals surface area contributed by atoms with Gasteiger partial charge in [0.2, 0.25) is 0 Å². The molecule has 0 fully saturated rings. The molecule has 7 rings (SSSR count). The van der Waals surface area contributed by atoms with Gasteiger partial charge in [0.05, 0.1) is 5.58 Å². The Balaban J connectivity index is 0.000000192. The third-order valence-corrected chi connectivity index (χ3v) is 6.83. The number of hydrogen-bond donors (Lipinski definition) is 0. The van der Waals surface area contributed by atoms with E-state index in [0.29, 0.717) is 0 Å². The van der Waals surface area contributed by atoms with Crippen LogP contribution in [0.3, 0.4) is 0 Å². The van der Waals surface area contributed by atoms with Crippen molar-refractivity contribution in [2.45, 2.75) is 20.3 Å². The van der Waals surface area contributed by atoms with Gasteiger partial charge in [-0.15, -0.1) is 53.6 Å². The molecular formula is C37H28IrN2O-2. The standard InChI is InChI=1S/C24H16NO.C13H12N.Ir/c1-2-7-17(8-3-1)15-18-13-14-25-22(16-18)21-11-6-10-20-19-9-4-5-12-23(19)26-24(20)21;1-10-3-6-12(7-4-10)13-8-5-11(2)9-14-13;/h1-10,12-14,16H,15H2;3-6,8-9H,1-2H3;/q2*-1;. The van der Waals surface area contributed by atoms with Crippen LogP contribution in [0.1, 0.15) is 22.3 Å². The third-order valence-electron chi connectivity index (χ3n) is 6.83. The van der Waals surface area contributed by atoms with Gasteiger partial charge in [-0.3, -0.25) is 0 Å². The molecule has 0 aliphatic carbocycles. The van der Waals surface area contributed by atoms with Gasteiger partial charge in [-0.25, -0.2) is 0 Å². The smallest absolute Gasteiger partial charge is 0.120 e. The van der Waals surface area contributed by atoms with Crippen molar-refractivity contribution in [3.8, 4) is 22.5 Å². The number of fused-ring (bicyclic) bond motifs is 3. The zero-order valence-corrected chi connectivity index (χ0v) is 25.3. The molecule has 1 radical (unpaired) electrons. The van der Waals surface area contributed by atoms with Crippen molar-refractivity contribution in [2.24, 2.45) is 0 Å². The van der Waals surface area contributed by atoms with Crippen molar-refractivity contribution in [2.75, 3.05) is 0 Å². The maximum absolute atomic E-state index is 6.12. The summed E-state index contributed by atoms with van der Waals surface area (Å²) in [6, 6.07) is 43.5. The van der Waals surface area contributed by atoms with Gasteiger partial charge in [-0.05, 0) is 53.6 Å². The first kappa shape index (κ1) is 28.2. The number of nitrogens with zero attached hydrogens (tertiary/aromatic N) is 2. The van der Waals surface area contributed by atoms with Crippen molar-refractivity contribution in [3.05, 3.63) is 156 Å². The molecule has 41 heavy (non-hydrogen) atoms. The average Bonchev–Trinajstić information content (AvgIpc) is 3.38. The van der Waals surface area contributed by atoms with Gasteiger partial charge >= 0.3 is 0 Å². The van der Waals surface area contributed by atoms with Gasteiger partial charge in [-0.2, -0.15) is 0 Å². The summed E-state index contributed by atoms with van der Waals surface area (Å²) < 4.78 is 6.12. The largest absolute Gasteiger partial charge is 0.501 e. The number of furan rings is 1. The number of pyridine rings is 2. The zero-order chi connectivity index (χ0) is 27.3. The molecule has 4 aromatic carbocycles. The molecule has 0 atom stereocenters. The maximum atomic E-state index is 6.12. The molecular weight excluding hydrogens is 681 g/mol. The van der Waals surface area contributed by atoms with Crippen LogP contribution in [0.15, 0.2) is 126 Å². The average molecular weight is 709 g/mol. The third kappa shape index (κ3) is 6.52. The predicted octanol–water partition coefficient (Wildman–Crippen LogP) is 9.20. The number of para-hydroxylation sites is 1. The van der Waals surface area contributed by atoms with Crippen LogP contribution in [0, 0.1) is 26.0 Å². The Kier molecular flexibility index (Phi) is 8.84. The second kappa shape index (κ2) is 12.9. The Morgan fingerprint density at radius 3 is 2.27 bits per heavy atom. The van der Waals surface area contributed by atoms with E-state index in [1.807, 2.05) is 67.8 Å². The molecule has 0 aliphatic rings. The summed E-state index contributed by atoms with van der Waals surface area (Å²) in [5.41, 5.74) is 10.5. The van der Waals surface area contributed by atoms with Crippen LogP contribution in [0.25, 0.3) is 44.5 Å². The van der Waals surface area contributed by atoms with E-state index in [1.54, 1.807) is 0 Å². The SMILES string of the molecule is Cc1c[c-]c(-c2ccc(C)cn2)cc1.[Ir].[c-]1ccc2c(oc3ccccc32)c1-c1cc(Cc2ccccc2)ccn1. The summed E-state index contributed by atoms with van der Waals surface area (Å²) in [7, 11) is 0. The van der Waals surface area contributed by atoms with E-state index in [-0.39, 0.29) is 20.1 Å². The summed E-state index contributed by atoms with van der Waals surface area (Å²) in [6.07, 6.45) is 4.62. The van der Waals surface area contributed by atoms with E-state index in [4.69, 9.17) is 4.42 Å². The molecule has 0 spiro atoms. The minimum atomic E-state index is 0. The first-order chi connectivity index (χ1) is 19.6. The van der Waals surface area contributed by atoms with E-state index in [0.717, 1.165) is 50.9 Å². The molecule has 0 aliphatic heterocycles. The molecule has 0 saturated heterocycles. The maximum Gasteiger partial charge on any atom is 0.120 e. The van der Waals surface area contributed by atoms with Crippen molar-refractivity contribution in [1.82, 2.24) is 9.97 Å². The molecule has 203 valence electrons. The number of hydrogen-bond acceptors (Lipinski definition) is 3. The van der Waals surface area contributed by atoms with Crippen molar-refractivity contribution < 1.29 is 24.5 Å². The molecule has 3 heterocycles. The fourth-order valence-corrected chi connectivity index (χ4v) is 4.72. The summed E-state index contributed by atoms with van der Waals surface area (Å²) in [5, 5.41) is 2.22. The quantitative estimate of drug-likeness (QED) is 0.171. The normalized spacial score (nSPS) is 10.6. The number of benzene rings is 4. The van der Waals surface area contributed by atoms with Crippen molar-refractivity contribution >= 4 is 21.9 Å². The Hall–Kier alpha value is -4.37. The molecule has 7 aromatic rings. The fourth-order valence-electron chi connectivity index (χ4n) is 4.72. The first-order valence-corrected chi connectivity index (χ1v) is 13.4. The van der Waals surface area contributed by atoms with Crippen LogP contribution in [-0.2, 0) is 26.5 Å². The second-order valence-corrected chi connectivity index (χ2v) is 9.91. The number of aromatic nitrogens is 2. The van der Waals surface area contributed by atoms with Gasteiger partial charge in [0.1, 0.15) is 5.58 Å². The molecule has 0 unspecified atom stereocenters. The first-order valence-electron chi connectivity index (χ1n) is 13.4. The summed E-state index contributed by atoms with van der Waals surface area (Å²) in [6.45, 7) is 4.10. The molecule has 0 N–H and O–H groups in total. The second-order valence-electron chi connectivity index (χ2n) is 9.91. The molecule has 0 saturated carbocycles. The molecule has 3 aromatic heterocycles. The number of rotatable bonds is 4. The molecule has 4 heteroatoms. The van der Waals surface area contributed by atoms with Gasteiger partial charge < -0.3 is 14.4 Å². The zero-order valence-electron chi connectivity index (χ0n) is 22.9. The Morgan fingerprint density at radius 1 is 0.683 bits per heavy atom. The van der Waals surface area contributed by atoms with Crippen molar-refractivity contribution in [3.63, 3.8) is 0 Å².